The summed E-state index contributed by atoms with van der Waals surface area (Å²) in [6.07, 6.45) is -1.22. The van der Waals surface area contributed by atoms with Gasteiger partial charge in [-0.05, 0) is 6.92 Å². The Morgan fingerprint density at radius 1 is 1.62 bits per heavy atom. The Morgan fingerprint density at radius 3 is 2.77 bits per heavy atom. The van der Waals surface area contributed by atoms with E-state index >= 15 is 0 Å². The van der Waals surface area contributed by atoms with Gasteiger partial charge in [-0.2, -0.15) is 5.10 Å². The van der Waals surface area contributed by atoms with Crippen LogP contribution in [0.4, 0.5) is 8.78 Å². The molecule has 0 amide bonds. The first-order chi connectivity index (χ1) is 6.20. The van der Waals surface area contributed by atoms with E-state index in [-0.39, 0.29) is 12.4 Å². The standard InChI is InChI=1S/C7H12F2N4/c1-2-13-7(11-4-12-13)5(3-10)6(8)9/h4-6H,2-3,10H2,1H3. The SMILES string of the molecule is CCn1ncnc1C(CN)C(F)F. The van der Waals surface area contributed by atoms with Crippen LogP contribution in [0.1, 0.15) is 18.7 Å². The molecular weight excluding hydrogens is 178 g/mol. The van der Waals surface area contributed by atoms with E-state index < -0.39 is 12.3 Å². The topological polar surface area (TPSA) is 56.7 Å². The lowest BCUT2D eigenvalue weighted by atomic mass is 10.1. The zero-order valence-electron chi connectivity index (χ0n) is 7.32. The van der Waals surface area contributed by atoms with Crippen molar-refractivity contribution >= 4 is 0 Å². The average Bonchev–Trinajstić information content (AvgIpc) is 2.53. The molecule has 0 saturated heterocycles. The number of alkyl halides is 2. The van der Waals surface area contributed by atoms with Gasteiger partial charge in [0, 0.05) is 13.1 Å². The van der Waals surface area contributed by atoms with Crippen LogP contribution < -0.4 is 5.73 Å². The first-order valence-electron chi connectivity index (χ1n) is 4.06. The van der Waals surface area contributed by atoms with Gasteiger partial charge in [0.2, 0.25) is 6.43 Å². The number of nitrogens with zero attached hydrogens (tertiary/aromatic N) is 3. The summed E-state index contributed by atoms with van der Waals surface area (Å²) in [6, 6.07) is 0. The molecule has 74 valence electrons. The third-order valence-corrected chi connectivity index (χ3v) is 1.83. The molecule has 0 saturated carbocycles. The van der Waals surface area contributed by atoms with Gasteiger partial charge in [0.1, 0.15) is 12.2 Å². The molecule has 0 bridgehead atoms. The first-order valence-corrected chi connectivity index (χ1v) is 4.06. The highest BCUT2D eigenvalue weighted by molar-refractivity contribution is 4.97. The second-order valence-electron chi connectivity index (χ2n) is 2.61. The molecule has 6 heteroatoms. The van der Waals surface area contributed by atoms with Crippen LogP contribution in [-0.4, -0.2) is 27.7 Å². The second-order valence-corrected chi connectivity index (χ2v) is 2.61. The maximum Gasteiger partial charge on any atom is 0.249 e. The van der Waals surface area contributed by atoms with Crippen molar-refractivity contribution in [3.63, 3.8) is 0 Å². The number of aryl methyl sites for hydroxylation is 1. The van der Waals surface area contributed by atoms with Gasteiger partial charge in [0.15, 0.2) is 0 Å². The summed E-state index contributed by atoms with van der Waals surface area (Å²) in [7, 11) is 0. The molecule has 0 aromatic carbocycles. The zero-order chi connectivity index (χ0) is 9.84. The van der Waals surface area contributed by atoms with E-state index in [9.17, 15) is 8.78 Å². The van der Waals surface area contributed by atoms with E-state index in [1.165, 1.54) is 11.0 Å². The first kappa shape index (κ1) is 10.0. The quantitative estimate of drug-likeness (QED) is 0.756. The highest BCUT2D eigenvalue weighted by Gasteiger charge is 2.25. The lowest BCUT2D eigenvalue weighted by Crippen LogP contribution is -2.23. The highest BCUT2D eigenvalue weighted by Crippen LogP contribution is 2.19. The fraction of sp³-hybridized carbons (Fsp3) is 0.714. The van der Waals surface area contributed by atoms with Crippen LogP contribution in [0.3, 0.4) is 0 Å². The Morgan fingerprint density at radius 2 is 2.31 bits per heavy atom. The summed E-state index contributed by atoms with van der Waals surface area (Å²) in [5, 5.41) is 3.80. The summed E-state index contributed by atoms with van der Waals surface area (Å²) in [6.45, 7) is 2.23. The molecule has 1 aromatic rings. The van der Waals surface area contributed by atoms with E-state index in [0.29, 0.717) is 6.54 Å². The van der Waals surface area contributed by atoms with Gasteiger partial charge < -0.3 is 5.73 Å². The number of nitrogens with two attached hydrogens (primary N) is 1. The summed E-state index contributed by atoms with van der Waals surface area (Å²) in [5.41, 5.74) is 5.23. The van der Waals surface area contributed by atoms with Crippen molar-refractivity contribution in [2.75, 3.05) is 6.54 Å². The number of halogens is 2. The molecule has 0 radical (unpaired) electrons. The van der Waals surface area contributed by atoms with E-state index in [4.69, 9.17) is 5.73 Å². The molecule has 13 heavy (non-hydrogen) atoms. The molecule has 0 aliphatic rings. The molecule has 0 fully saturated rings. The number of hydrogen-bond acceptors (Lipinski definition) is 3. The van der Waals surface area contributed by atoms with Crippen molar-refractivity contribution in [3.05, 3.63) is 12.2 Å². The Bertz CT molecular complexity index is 261. The molecule has 1 aromatic heterocycles. The van der Waals surface area contributed by atoms with Gasteiger partial charge in [0.25, 0.3) is 0 Å². The Kier molecular flexibility index (Phi) is 3.30. The van der Waals surface area contributed by atoms with Gasteiger partial charge in [0.05, 0.1) is 5.92 Å². The number of hydrogen-bond donors (Lipinski definition) is 1. The van der Waals surface area contributed by atoms with Crippen LogP contribution in [0.2, 0.25) is 0 Å². The Hall–Kier alpha value is -1.04. The minimum Gasteiger partial charge on any atom is -0.330 e. The van der Waals surface area contributed by atoms with Crippen molar-refractivity contribution in [3.8, 4) is 0 Å². The average molecular weight is 190 g/mol. The minimum absolute atomic E-state index is 0.115. The molecular formula is C7H12F2N4. The third kappa shape index (κ3) is 2.00. The largest absolute Gasteiger partial charge is 0.330 e. The molecule has 0 spiro atoms. The molecule has 1 heterocycles. The Balaban J connectivity index is 2.90. The fourth-order valence-electron chi connectivity index (χ4n) is 1.12. The molecule has 0 aliphatic carbocycles. The Labute approximate surface area is 74.8 Å². The smallest absolute Gasteiger partial charge is 0.249 e. The molecule has 1 rings (SSSR count). The van der Waals surface area contributed by atoms with Crippen molar-refractivity contribution in [2.24, 2.45) is 5.73 Å². The van der Waals surface area contributed by atoms with Crippen LogP contribution in [-0.2, 0) is 6.54 Å². The number of rotatable bonds is 4. The van der Waals surface area contributed by atoms with E-state index in [0.717, 1.165) is 0 Å². The predicted molar refractivity (Wildman–Crippen MR) is 43.5 cm³/mol. The van der Waals surface area contributed by atoms with Crippen molar-refractivity contribution < 1.29 is 8.78 Å². The van der Waals surface area contributed by atoms with Crippen molar-refractivity contribution in [1.29, 1.82) is 0 Å². The maximum absolute atomic E-state index is 12.4. The molecule has 1 unspecified atom stereocenters. The highest BCUT2D eigenvalue weighted by atomic mass is 19.3. The monoisotopic (exact) mass is 190 g/mol. The van der Waals surface area contributed by atoms with Crippen LogP contribution >= 0.6 is 0 Å². The van der Waals surface area contributed by atoms with Crippen LogP contribution in [0.5, 0.6) is 0 Å². The summed E-state index contributed by atoms with van der Waals surface area (Å²) in [5.74, 6) is -0.748. The van der Waals surface area contributed by atoms with E-state index in [1.807, 2.05) is 6.92 Å². The minimum atomic E-state index is -2.49. The van der Waals surface area contributed by atoms with Crippen LogP contribution in [0.15, 0.2) is 6.33 Å². The predicted octanol–water partition coefficient (Wildman–Crippen LogP) is 0.605. The van der Waals surface area contributed by atoms with E-state index in [1.54, 1.807) is 0 Å². The lowest BCUT2D eigenvalue weighted by Gasteiger charge is -2.12. The van der Waals surface area contributed by atoms with Gasteiger partial charge >= 0.3 is 0 Å². The zero-order valence-corrected chi connectivity index (χ0v) is 7.32. The van der Waals surface area contributed by atoms with E-state index in [2.05, 4.69) is 10.1 Å². The summed E-state index contributed by atoms with van der Waals surface area (Å²) in [4.78, 5) is 3.77. The third-order valence-electron chi connectivity index (χ3n) is 1.83. The number of aromatic nitrogens is 3. The van der Waals surface area contributed by atoms with Gasteiger partial charge in [-0.15, -0.1) is 0 Å². The molecule has 2 N–H and O–H groups in total. The molecule has 0 aliphatic heterocycles. The van der Waals surface area contributed by atoms with Gasteiger partial charge in [-0.25, -0.2) is 18.4 Å². The second kappa shape index (κ2) is 4.27. The fourth-order valence-corrected chi connectivity index (χ4v) is 1.12. The van der Waals surface area contributed by atoms with Crippen molar-refractivity contribution in [1.82, 2.24) is 14.8 Å². The van der Waals surface area contributed by atoms with Crippen LogP contribution in [0, 0.1) is 0 Å². The molecule has 1 atom stereocenters. The van der Waals surface area contributed by atoms with Crippen molar-refractivity contribution in [2.45, 2.75) is 25.8 Å². The summed E-state index contributed by atoms with van der Waals surface area (Å²) < 4.78 is 26.3. The van der Waals surface area contributed by atoms with Gasteiger partial charge in [-0.3, -0.25) is 0 Å². The van der Waals surface area contributed by atoms with Gasteiger partial charge in [-0.1, -0.05) is 0 Å². The maximum atomic E-state index is 12.4. The molecule has 4 nitrogen and oxygen atoms in total. The van der Waals surface area contributed by atoms with Crippen LogP contribution in [0.25, 0.3) is 0 Å². The lowest BCUT2D eigenvalue weighted by molar-refractivity contribution is 0.111. The normalized spacial score (nSPS) is 13.6. The summed E-state index contributed by atoms with van der Waals surface area (Å²) >= 11 is 0.